The highest BCUT2D eigenvalue weighted by Gasteiger charge is 2.35. The Morgan fingerprint density at radius 1 is 1.04 bits per heavy atom. The van der Waals surface area contributed by atoms with Gasteiger partial charge in [0.1, 0.15) is 10.7 Å². The molecule has 3 rings (SSSR count). The van der Waals surface area contributed by atoms with Gasteiger partial charge in [-0.25, -0.2) is 17.5 Å². The van der Waals surface area contributed by atoms with E-state index in [0.29, 0.717) is 6.42 Å². The lowest BCUT2D eigenvalue weighted by Crippen LogP contribution is -2.37. The summed E-state index contributed by atoms with van der Waals surface area (Å²) >= 11 is 0. The van der Waals surface area contributed by atoms with Crippen LogP contribution in [0.15, 0.2) is 53.4 Å². The molecule has 1 aliphatic rings. The number of carbonyl (C=O) groups is 1. The average Bonchev–Trinajstić information content (AvgIpc) is 3.11. The number of aliphatic carboxylic acids is 1. The molecule has 150 valence electrons. The molecule has 2 aromatic carbocycles. The molecule has 0 unspecified atom stereocenters. The van der Waals surface area contributed by atoms with Crippen LogP contribution in [-0.2, 0) is 27.7 Å². The van der Waals surface area contributed by atoms with Crippen molar-refractivity contribution >= 4 is 16.0 Å². The minimum atomic E-state index is -3.92. The van der Waals surface area contributed by atoms with Crippen LogP contribution in [0.1, 0.15) is 36.8 Å². The van der Waals surface area contributed by atoms with E-state index in [1.807, 2.05) is 12.1 Å². The second kappa shape index (κ2) is 8.41. The van der Waals surface area contributed by atoms with Crippen LogP contribution >= 0.6 is 0 Å². The van der Waals surface area contributed by atoms with E-state index >= 15 is 0 Å². The molecule has 0 saturated heterocycles. The third-order valence-electron chi connectivity index (χ3n) is 5.39. The average molecular weight is 405 g/mol. The fraction of sp³-hybridized carbons (Fsp3) is 0.381. The fourth-order valence-electron chi connectivity index (χ4n) is 3.91. The molecule has 2 aromatic rings. The zero-order valence-electron chi connectivity index (χ0n) is 15.5. The molecule has 0 heterocycles. The van der Waals surface area contributed by atoms with Gasteiger partial charge in [-0.15, -0.1) is 0 Å². The van der Waals surface area contributed by atoms with Gasteiger partial charge in [0.25, 0.3) is 0 Å². The van der Waals surface area contributed by atoms with Crippen LogP contribution in [0.3, 0.4) is 0 Å². The minimum Gasteiger partial charge on any atom is -0.481 e. The predicted molar refractivity (Wildman–Crippen MR) is 104 cm³/mol. The van der Waals surface area contributed by atoms with E-state index in [2.05, 4.69) is 4.72 Å². The highest BCUT2D eigenvalue weighted by atomic mass is 32.2. The summed E-state index contributed by atoms with van der Waals surface area (Å²) in [5.74, 6) is -1.63. The lowest BCUT2D eigenvalue weighted by molar-refractivity contribution is -0.136. The molecule has 1 aliphatic carbocycles. The van der Waals surface area contributed by atoms with E-state index in [-0.39, 0.29) is 23.3 Å². The number of rotatable bonds is 8. The van der Waals surface area contributed by atoms with Gasteiger partial charge in [0.05, 0.1) is 6.42 Å². The van der Waals surface area contributed by atoms with E-state index in [9.17, 15) is 17.6 Å². The second-order valence-electron chi connectivity index (χ2n) is 7.53. The molecule has 0 atom stereocenters. The molecule has 0 bridgehead atoms. The fourth-order valence-corrected chi connectivity index (χ4v) is 5.15. The summed E-state index contributed by atoms with van der Waals surface area (Å²) < 4.78 is 41.6. The minimum absolute atomic E-state index is 0.0200. The molecule has 0 radical (unpaired) electrons. The SMILES string of the molecule is O=C(O)Cc1ccc(CC2(CNS(=O)(=O)c3ccccc3F)CCCC2)cc1. The number of benzene rings is 2. The molecule has 1 fully saturated rings. The van der Waals surface area contributed by atoms with Gasteiger partial charge in [0.2, 0.25) is 10.0 Å². The third kappa shape index (κ3) is 4.97. The maximum atomic E-state index is 13.9. The van der Waals surface area contributed by atoms with Crippen LogP contribution in [0.25, 0.3) is 0 Å². The first-order valence-corrected chi connectivity index (χ1v) is 10.8. The molecule has 1 saturated carbocycles. The van der Waals surface area contributed by atoms with Crippen LogP contribution in [0.2, 0.25) is 0 Å². The molecule has 5 nitrogen and oxygen atoms in total. The number of carboxylic acids is 1. The van der Waals surface area contributed by atoms with Crippen molar-refractivity contribution in [1.82, 2.24) is 4.72 Å². The van der Waals surface area contributed by atoms with E-state index in [4.69, 9.17) is 5.11 Å². The van der Waals surface area contributed by atoms with Crippen LogP contribution in [0.5, 0.6) is 0 Å². The third-order valence-corrected chi connectivity index (χ3v) is 6.82. The maximum Gasteiger partial charge on any atom is 0.307 e. The van der Waals surface area contributed by atoms with Gasteiger partial charge in [-0.05, 0) is 47.9 Å². The molecule has 0 aliphatic heterocycles. The van der Waals surface area contributed by atoms with E-state index in [1.54, 1.807) is 12.1 Å². The molecule has 0 amide bonds. The Morgan fingerprint density at radius 3 is 2.25 bits per heavy atom. The number of halogens is 1. The Hall–Kier alpha value is -2.25. The van der Waals surface area contributed by atoms with Crippen LogP contribution in [0, 0.1) is 11.2 Å². The van der Waals surface area contributed by atoms with Gasteiger partial charge in [-0.3, -0.25) is 4.79 Å². The summed E-state index contributed by atoms with van der Waals surface area (Å²) in [5.41, 5.74) is 1.56. The first kappa shape index (κ1) is 20.5. The Balaban J connectivity index is 1.72. The molecular weight excluding hydrogens is 381 g/mol. The Labute approximate surface area is 164 Å². The van der Waals surface area contributed by atoms with Crippen LogP contribution in [0.4, 0.5) is 4.39 Å². The summed E-state index contributed by atoms with van der Waals surface area (Å²) in [6, 6.07) is 12.8. The standard InChI is InChI=1S/C21H24FNO4S/c22-18-5-1-2-6-19(18)28(26,27)23-15-21(11-3-4-12-21)14-17-9-7-16(8-10-17)13-20(24)25/h1-2,5-10,23H,3-4,11-15H2,(H,24,25). The number of sulfonamides is 1. The second-order valence-corrected chi connectivity index (χ2v) is 9.26. The summed E-state index contributed by atoms with van der Waals surface area (Å²) in [4.78, 5) is 10.5. The maximum absolute atomic E-state index is 13.9. The smallest absolute Gasteiger partial charge is 0.307 e. The summed E-state index contributed by atoms with van der Waals surface area (Å²) in [6.07, 6.45) is 4.51. The molecule has 0 aromatic heterocycles. The van der Waals surface area contributed by atoms with Gasteiger partial charge in [0.15, 0.2) is 0 Å². The number of carboxylic acid groups (broad SMARTS) is 1. The van der Waals surface area contributed by atoms with Gasteiger partial charge in [-0.2, -0.15) is 0 Å². The van der Waals surface area contributed by atoms with Crippen molar-refractivity contribution in [2.45, 2.75) is 43.4 Å². The number of nitrogens with one attached hydrogen (secondary N) is 1. The zero-order chi connectivity index (χ0) is 20.2. The summed E-state index contributed by atoms with van der Waals surface area (Å²) in [5, 5.41) is 8.87. The van der Waals surface area contributed by atoms with Gasteiger partial charge in [-0.1, -0.05) is 49.2 Å². The van der Waals surface area contributed by atoms with Gasteiger partial charge >= 0.3 is 5.97 Å². The van der Waals surface area contributed by atoms with Crippen molar-refractivity contribution in [2.24, 2.45) is 5.41 Å². The van der Waals surface area contributed by atoms with Crippen LogP contribution in [-0.4, -0.2) is 26.0 Å². The highest BCUT2D eigenvalue weighted by molar-refractivity contribution is 7.89. The Morgan fingerprint density at radius 2 is 1.64 bits per heavy atom. The largest absolute Gasteiger partial charge is 0.481 e. The van der Waals surface area contributed by atoms with E-state index in [1.165, 1.54) is 18.2 Å². The highest BCUT2D eigenvalue weighted by Crippen LogP contribution is 2.40. The zero-order valence-corrected chi connectivity index (χ0v) is 16.3. The van der Waals surface area contributed by atoms with Crippen molar-refractivity contribution < 1.29 is 22.7 Å². The first-order valence-electron chi connectivity index (χ1n) is 9.34. The van der Waals surface area contributed by atoms with Crippen molar-refractivity contribution in [3.05, 3.63) is 65.5 Å². The molecular formula is C21H24FNO4S. The Kier molecular flexibility index (Phi) is 6.15. The summed E-state index contributed by atoms with van der Waals surface area (Å²) in [6.45, 7) is 0.251. The summed E-state index contributed by atoms with van der Waals surface area (Å²) in [7, 11) is -3.92. The van der Waals surface area contributed by atoms with Crippen molar-refractivity contribution in [3.63, 3.8) is 0 Å². The quantitative estimate of drug-likeness (QED) is 0.704. The van der Waals surface area contributed by atoms with Crippen molar-refractivity contribution in [1.29, 1.82) is 0 Å². The normalized spacial score (nSPS) is 16.2. The molecule has 0 spiro atoms. The number of hydrogen-bond acceptors (Lipinski definition) is 3. The molecule has 2 N–H and O–H groups in total. The van der Waals surface area contributed by atoms with Crippen molar-refractivity contribution in [2.75, 3.05) is 6.54 Å². The van der Waals surface area contributed by atoms with Crippen LogP contribution < -0.4 is 4.72 Å². The lowest BCUT2D eigenvalue weighted by atomic mass is 9.80. The monoisotopic (exact) mass is 405 g/mol. The molecule has 7 heteroatoms. The lowest BCUT2D eigenvalue weighted by Gasteiger charge is -2.29. The van der Waals surface area contributed by atoms with Gasteiger partial charge in [0, 0.05) is 6.54 Å². The number of hydrogen-bond donors (Lipinski definition) is 2. The van der Waals surface area contributed by atoms with E-state index in [0.717, 1.165) is 42.9 Å². The van der Waals surface area contributed by atoms with Gasteiger partial charge < -0.3 is 5.11 Å². The first-order chi connectivity index (χ1) is 13.3. The Bertz CT molecular complexity index is 935. The topological polar surface area (TPSA) is 83.5 Å². The predicted octanol–water partition coefficient (Wildman–Crippen LogP) is 3.53. The van der Waals surface area contributed by atoms with E-state index < -0.39 is 21.8 Å². The molecule has 28 heavy (non-hydrogen) atoms. The van der Waals surface area contributed by atoms with Crippen molar-refractivity contribution in [3.8, 4) is 0 Å².